The first-order valence-electron chi connectivity index (χ1n) is 8.78. The fourth-order valence-electron chi connectivity index (χ4n) is 3.19. The first-order chi connectivity index (χ1) is 13.2. The van der Waals surface area contributed by atoms with Gasteiger partial charge in [-0.2, -0.15) is 17.6 Å². The molecule has 0 aromatic heterocycles. The molecule has 0 bridgehead atoms. The van der Waals surface area contributed by atoms with Gasteiger partial charge in [0.2, 0.25) is 17.6 Å². The van der Waals surface area contributed by atoms with E-state index in [0.717, 1.165) is 23.1 Å². The van der Waals surface area contributed by atoms with E-state index < -0.39 is 52.3 Å². The van der Waals surface area contributed by atoms with Crippen LogP contribution in [0, 0.1) is 27.3 Å². The van der Waals surface area contributed by atoms with Gasteiger partial charge in [0.15, 0.2) is 0 Å². The van der Waals surface area contributed by atoms with Crippen molar-refractivity contribution in [1.29, 1.82) is 0 Å². The lowest BCUT2D eigenvalue weighted by molar-refractivity contribution is -0.387. The van der Waals surface area contributed by atoms with Crippen LogP contribution >= 0.6 is 0 Å². The molecule has 1 aromatic rings. The molecule has 2 rings (SSSR count). The van der Waals surface area contributed by atoms with Gasteiger partial charge in [-0.15, -0.1) is 0 Å². The molecule has 1 heterocycles. The highest BCUT2D eigenvalue weighted by molar-refractivity contribution is 6.00. The van der Waals surface area contributed by atoms with Gasteiger partial charge in [0.1, 0.15) is 6.54 Å². The van der Waals surface area contributed by atoms with Crippen molar-refractivity contribution >= 4 is 23.2 Å². The third-order valence-corrected chi connectivity index (χ3v) is 4.26. The zero-order valence-corrected chi connectivity index (χ0v) is 16.1. The van der Waals surface area contributed by atoms with Crippen molar-refractivity contribution in [3.05, 3.63) is 34.1 Å². The van der Waals surface area contributed by atoms with Crippen LogP contribution in [0.25, 0.3) is 0 Å². The maximum absolute atomic E-state index is 13.5. The summed E-state index contributed by atoms with van der Waals surface area (Å²) in [6.45, 7) is 3.24. The van der Waals surface area contributed by atoms with E-state index in [2.05, 4.69) is 0 Å². The van der Waals surface area contributed by atoms with Crippen LogP contribution in [0.5, 0.6) is 0 Å². The highest BCUT2D eigenvalue weighted by atomic mass is 19.4. The van der Waals surface area contributed by atoms with Crippen molar-refractivity contribution in [2.24, 2.45) is 11.3 Å². The third-order valence-electron chi connectivity index (χ3n) is 4.26. The molecule has 1 unspecified atom stereocenters. The molecule has 160 valence electrons. The second-order valence-electron chi connectivity index (χ2n) is 8.17. The van der Waals surface area contributed by atoms with Gasteiger partial charge in [-0.3, -0.25) is 19.7 Å². The number of nitrogens with zero attached hydrogens (tertiary/aromatic N) is 3. The predicted octanol–water partition coefficient (Wildman–Crippen LogP) is 3.52. The molecule has 11 heteroatoms. The second kappa shape index (κ2) is 7.96. The molecular formula is C18H21F4N3O4. The Morgan fingerprint density at radius 2 is 1.90 bits per heavy atom. The summed E-state index contributed by atoms with van der Waals surface area (Å²) in [6.07, 6.45) is -4.93. The zero-order valence-electron chi connectivity index (χ0n) is 16.1. The van der Waals surface area contributed by atoms with E-state index in [9.17, 15) is 37.3 Å². The number of halogens is 4. The molecule has 1 fully saturated rings. The average molecular weight is 419 g/mol. The van der Waals surface area contributed by atoms with Crippen molar-refractivity contribution in [2.45, 2.75) is 33.4 Å². The number of rotatable bonds is 5. The summed E-state index contributed by atoms with van der Waals surface area (Å²) in [4.78, 5) is 36.7. The van der Waals surface area contributed by atoms with Crippen LogP contribution in [0.4, 0.5) is 28.9 Å². The van der Waals surface area contributed by atoms with Gasteiger partial charge in [-0.1, -0.05) is 20.8 Å². The molecule has 0 N–H and O–H groups in total. The summed E-state index contributed by atoms with van der Waals surface area (Å²) < 4.78 is 52.3. The number of alkyl halides is 3. The lowest BCUT2D eigenvalue weighted by Crippen LogP contribution is -2.46. The quantitative estimate of drug-likeness (QED) is 0.415. The van der Waals surface area contributed by atoms with Gasteiger partial charge in [0.25, 0.3) is 0 Å². The Kier molecular flexibility index (Phi) is 6.19. The number of amides is 2. The predicted molar refractivity (Wildman–Crippen MR) is 95.6 cm³/mol. The maximum Gasteiger partial charge on any atom is 0.406 e. The second-order valence-corrected chi connectivity index (χ2v) is 8.17. The van der Waals surface area contributed by atoms with Gasteiger partial charge in [-0.25, -0.2) is 0 Å². The number of nitro benzene ring substituents is 1. The minimum absolute atomic E-state index is 0.0107. The van der Waals surface area contributed by atoms with E-state index in [1.165, 1.54) is 0 Å². The van der Waals surface area contributed by atoms with Gasteiger partial charge in [0.05, 0.1) is 16.5 Å². The minimum atomic E-state index is -4.60. The summed E-state index contributed by atoms with van der Waals surface area (Å²) in [5.74, 6) is -3.51. The fourth-order valence-corrected chi connectivity index (χ4v) is 3.19. The Labute approximate surface area is 164 Å². The molecule has 0 saturated carbocycles. The fraction of sp³-hybridized carbons (Fsp3) is 0.556. The Balaban J connectivity index is 2.24. The highest BCUT2D eigenvalue weighted by Gasteiger charge is 2.41. The van der Waals surface area contributed by atoms with Crippen LogP contribution < -0.4 is 4.90 Å². The summed E-state index contributed by atoms with van der Waals surface area (Å²) in [7, 11) is 0. The number of hydrogen-bond acceptors (Lipinski definition) is 4. The van der Waals surface area contributed by atoms with Gasteiger partial charge < -0.3 is 9.80 Å². The van der Waals surface area contributed by atoms with Crippen LogP contribution in [0.2, 0.25) is 0 Å². The summed E-state index contributed by atoms with van der Waals surface area (Å²) in [6, 6.07) is 2.84. The zero-order chi connectivity index (χ0) is 22.1. The largest absolute Gasteiger partial charge is 0.406 e. The van der Waals surface area contributed by atoms with Crippen LogP contribution in [0.3, 0.4) is 0 Å². The lowest BCUT2D eigenvalue weighted by atomic mass is 9.95. The molecule has 0 radical (unpaired) electrons. The van der Waals surface area contributed by atoms with E-state index >= 15 is 0 Å². The molecule has 2 amide bonds. The molecule has 1 atom stereocenters. The van der Waals surface area contributed by atoms with Gasteiger partial charge >= 0.3 is 11.9 Å². The lowest BCUT2D eigenvalue weighted by Gasteiger charge is -2.32. The maximum atomic E-state index is 13.5. The number of carbonyl (C=O) groups is 2. The van der Waals surface area contributed by atoms with E-state index in [1.807, 2.05) is 0 Å². The number of hydrogen-bond donors (Lipinski definition) is 0. The molecular weight excluding hydrogens is 398 g/mol. The van der Waals surface area contributed by atoms with E-state index in [0.29, 0.717) is 4.90 Å². The van der Waals surface area contributed by atoms with Crippen molar-refractivity contribution in [3.8, 4) is 0 Å². The van der Waals surface area contributed by atoms with E-state index in [4.69, 9.17) is 0 Å². The molecule has 29 heavy (non-hydrogen) atoms. The molecule has 7 nitrogen and oxygen atoms in total. The third kappa shape index (κ3) is 5.88. The summed E-state index contributed by atoms with van der Waals surface area (Å²) >= 11 is 0. The number of benzene rings is 1. The van der Waals surface area contributed by atoms with Gasteiger partial charge in [0, 0.05) is 25.6 Å². The topological polar surface area (TPSA) is 83.8 Å². The van der Waals surface area contributed by atoms with Crippen molar-refractivity contribution in [3.63, 3.8) is 0 Å². The van der Waals surface area contributed by atoms with Crippen LogP contribution in [-0.4, -0.2) is 47.4 Å². The Morgan fingerprint density at radius 1 is 1.28 bits per heavy atom. The molecule has 1 aromatic carbocycles. The van der Waals surface area contributed by atoms with Crippen molar-refractivity contribution in [1.82, 2.24) is 4.90 Å². The first kappa shape index (κ1) is 22.6. The molecule has 0 spiro atoms. The smallest absolute Gasteiger partial charge is 0.333 e. The monoisotopic (exact) mass is 419 g/mol. The Bertz CT molecular complexity index is 804. The number of nitro groups is 1. The first-order valence-corrected chi connectivity index (χ1v) is 8.78. The van der Waals surface area contributed by atoms with Gasteiger partial charge in [-0.05, 0) is 17.5 Å². The molecule has 1 aliphatic rings. The van der Waals surface area contributed by atoms with Crippen LogP contribution in [0.1, 0.15) is 27.2 Å². The van der Waals surface area contributed by atoms with Crippen LogP contribution in [0.15, 0.2) is 18.2 Å². The molecule has 1 saturated heterocycles. The average Bonchev–Trinajstić information content (AvgIpc) is 2.93. The Hall–Kier alpha value is -2.72. The number of anilines is 1. The standard InChI is InChI=1S/C18H21F4N3O4/c1-17(2,3)9-23(10-18(20,21)22)16(27)11-6-15(26)24(8-11)12-4-5-13(19)14(7-12)25(28)29/h4-5,7,11H,6,8-10H2,1-3H3. The molecule has 1 aliphatic heterocycles. The minimum Gasteiger partial charge on any atom is -0.333 e. The van der Waals surface area contributed by atoms with E-state index in [1.54, 1.807) is 20.8 Å². The SMILES string of the molecule is CC(C)(C)CN(CC(F)(F)F)C(=O)C1CC(=O)N(c2ccc(F)c([N+](=O)[O-])c2)C1. The van der Waals surface area contributed by atoms with Crippen molar-refractivity contribution in [2.75, 3.05) is 24.5 Å². The molecule has 0 aliphatic carbocycles. The highest BCUT2D eigenvalue weighted by Crippen LogP contribution is 2.31. The van der Waals surface area contributed by atoms with Crippen molar-refractivity contribution < 1.29 is 32.1 Å². The summed E-state index contributed by atoms with van der Waals surface area (Å²) in [5.41, 5.74) is -1.42. The summed E-state index contributed by atoms with van der Waals surface area (Å²) in [5, 5.41) is 10.9. The van der Waals surface area contributed by atoms with E-state index in [-0.39, 0.29) is 25.2 Å². The normalized spacial score (nSPS) is 17.6. The van der Waals surface area contributed by atoms with Crippen LogP contribution in [-0.2, 0) is 9.59 Å². The number of carbonyl (C=O) groups excluding carboxylic acids is 2. The Morgan fingerprint density at radius 3 is 2.41 bits per heavy atom.